The Bertz CT molecular complexity index is 1010. The maximum Gasteiger partial charge on any atom is 0.328 e. The Balaban J connectivity index is 1.51. The molecule has 2 aromatic heterocycles. The van der Waals surface area contributed by atoms with Crippen molar-refractivity contribution < 1.29 is 9.53 Å². The summed E-state index contributed by atoms with van der Waals surface area (Å²) in [5, 5.41) is 0. The van der Waals surface area contributed by atoms with E-state index in [9.17, 15) is 14.4 Å². The Morgan fingerprint density at radius 3 is 2.79 bits per heavy atom. The zero-order valence-electron chi connectivity index (χ0n) is 15.7. The number of carbonyl (C=O) groups is 1. The van der Waals surface area contributed by atoms with E-state index in [1.807, 2.05) is 0 Å². The highest BCUT2D eigenvalue weighted by molar-refractivity contribution is 5.76. The van der Waals surface area contributed by atoms with E-state index < -0.39 is 11.2 Å². The van der Waals surface area contributed by atoms with Gasteiger partial charge in [0.2, 0.25) is 5.91 Å². The third-order valence-corrected chi connectivity index (χ3v) is 5.14. The van der Waals surface area contributed by atoms with Gasteiger partial charge in [-0.15, -0.1) is 0 Å². The van der Waals surface area contributed by atoms with Gasteiger partial charge in [0.1, 0.15) is 18.7 Å². The number of ether oxygens (including phenoxy) is 1. The molecular weight excluding hydrogens is 364 g/mol. The van der Waals surface area contributed by atoms with Crippen LogP contribution in [-0.2, 0) is 29.0 Å². The molecule has 0 saturated carbocycles. The van der Waals surface area contributed by atoms with Crippen molar-refractivity contribution in [2.45, 2.75) is 26.4 Å². The fraction of sp³-hybridized carbons (Fsp3) is 0.500. The van der Waals surface area contributed by atoms with Crippen LogP contribution in [0.15, 0.2) is 22.1 Å². The van der Waals surface area contributed by atoms with E-state index in [1.165, 1.54) is 17.1 Å². The molecule has 0 spiro atoms. The molecule has 1 saturated heterocycles. The maximum atomic E-state index is 12.7. The molecule has 4 heterocycles. The molecule has 148 valence electrons. The number of amides is 1. The second kappa shape index (κ2) is 7.55. The molecule has 10 nitrogen and oxygen atoms in total. The minimum absolute atomic E-state index is 0.118. The van der Waals surface area contributed by atoms with Crippen LogP contribution in [0.2, 0.25) is 0 Å². The van der Waals surface area contributed by atoms with Crippen LogP contribution in [0.4, 0.5) is 5.82 Å². The predicted molar refractivity (Wildman–Crippen MR) is 100 cm³/mol. The number of nitrogens with one attached hydrogen (secondary N) is 1. The van der Waals surface area contributed by atoms with Crippen molar-refractivity contribution in [2.75, 3.05) is 37.7 Å². The van der Waals surface area contributed by atoms with Gasteiger partial charge in [-0.05, 0) is 13.3 Å². The molecule has 10 heteroatoms. The second-order valence-electron chi connectivity index (χ2n) is 6.99. The lowest BCUT2D eigenvalue weighted by atomic mass is 10.0. The normalized spacial score (nSPS) is 16.8. The standard InChI is InChI=1S/C18H22N6O4/c1-12-8-24(18(27)21-17(12)26)10-15(25)23-3-2-13-14(9-23)19-11-20-16(13)22-4-6-28-7-5-22/h8,11H,2-7,9-10H2,1H3,(H,21,26,27). The number of hydrogen-bond acceptors (Lipinski definition) is 7. The van der Waals surface area contributed by atoms with Gasteiger partial charge in [-0.25, -0.2) is 14.8 Å². The first-order chi connectivity index (χ1) is 13.5. The summed E-state index contributed by atoms with van der Waals surface area (Å²) in [6.07, 6.45) is 3.61. The Morgan fingerprint density at radius 2 is 2.00 bits per heavy atom. The van der Waals surface area contributed by atoms with Crippen molar-refractivity contribution in [3.63, 3.8) is 0 Å². The summed E-state index contributed by atoms with van der Waals surface area (Å²) in [5.74, 6) is 0.735. The fourth-order valence-corrected chi connectivity index (χ4v) is 3.58. The van der Waals surface area contributed by atoms with E-state index in [0.29, 0.717) is 38.3 Å². The van der Waals surface area contributed by atoms with E-state index in [4.69, 9.17) is 4.74 Å². The SMILES string of the molecule is Cc1cn(CC(=O)N2CCc3c(ncnc3N3CCOCC3)C2)c(=O)[nH]c1=O. The second-order valence-corrected chi connectivity index (χ2v) is 6.99. The number of rotatable bonds is 3. The van der Waals surface area contributed by atoms with Crippen LogP contribution >= 0.6 is 0 Å². The molecule has 0 radical (unpaired) electrons. The van der Waals surface area contributed by atoms with Crippen LogP contribution < -0.4 is 16.1 Å². The Hall–Kier alpha value is -3.01. The summed E-state index contributed by atoms with van der Waals surface area (Å²) in [7, 11) is 0. The Labute approximate surface area is 160 Å². The number of hydrogen-bond donors (Lipinski definition) is 1. The van der Waals surface area contributed by atoms with E-state index in [-0.39, 0.29) is 12.5 Å². The molecule has 0 aliphatic carbocycles. The number of nitrogens with zero attached hydrogens (tertiary/aromatic N) is 5. The number of fused-ring (bicyclic) bond motifs is 1. The third kappa shape index (κ3) is 3.55. The maximum absolute atomic E-state index is 12.7. The Morgan fingerprint density at radius 1 is 1.21 bits per heavy atom. The number of anilines is 1. The lowest BCUT2D eigenvalue weighted by Crippen LogP contribution is -2.43. The Kier molecular flexibility index (Phi) is 4.95. The molecule has 0 unspecified atom stereocenters. The van der Waals surface area contributed by atoms with Crippen LogP contribution in [0.5, 0.6) is 0 Å². The molecule has 1 N–H and O–H groups in total. The first-order valence-corrected chi connectivity index (χ1v) is 9.26. The lowest BCUT2D eigenvalue weighted by molar-refractivity contribution is -0.132. The molecule has 1 amide bonds. The summed E-state index contributed by atoms with van der Waals surface area (Å²) < 4.78 is 6.64. The van der Waals surface area contributed by atoms with Crippen molar-refractivity contribution in [2.24, 2.45) is 0 Å². The smallest absolute Gasteiger partial charge is 0.328 e. The largest absolute Gasteiger partial charge is 0.378 e. The minimum Gasteiger partial charge on any atom is -0.378 e. The fourth-order valence-electron chi connectivity index (χ4n) is 3.58. The van der Waals surface area contributed by atoms with Crippen molar-refractivity contribution >= 4 is 11.7 Å². The number of aromatic nitrogens is 4. The van der Waals surface area contributed by atoms with E-state index >= 15 is 0 Å². The molecule has 2 aliphatic heterocycles. The summed E-state index contributed by atoms with van der Waals surface area (Å²) >= 11 is 0. The van der Waals surface area contributed by atoms with Crippen molar-refractivity contribution in [3.05, 3.63) is 50.2 Å². The van der Waals surface area contributed by atoms with Crippen LogP contribution in [0.3, 0.4) is 0 Å². The van der Waals surface area contributed by atoms with Crippen molar-refractivity contribution in [3.8, 4) is 0 Å². The summed E-state index contributed by atoms with van der Waals surface area (Å²) in [6.45, 7) is 5.33. The number of aryl methyl sites for hydroxylation is 1. The topological polar surface area (TPSA) is 113 Å². The molecule has 2 aromatic rings. The van der Waals surface area contributed by atoms with Crippen LogP contribution in [0.25, 0.3) is 0 Å². The van der Waals surface area contributed by atoms with Gasteiger partial charge in [0.15, 0.2) is 0 Å². The lowest BCUT2D eigenvalue weighted by Gasteiger charge is -2.33. The monoisotopic (exact) mass is 386 g/mol. The first kappa shape index (κ1) is 18.4. The highest BCUT2D eigenvalue weighted by atomic mass is 16.5. The highest BCUT2D eigenvalue weighted by Crippen LogP contribution is 2.26. The summed E-state index contributed by atoms with van der Waals surface area (Å²) in [6, 6.07) is 0. The van der Waals surface area contributed by atoms with Gasteiger partial charge >= 0.3 is 5.69 Å². The van der Waals surface area contributed by atoms with Gasteiger partial charge in [-0.1, -0.05) is 0 Å². The molecule has 4 rings (SSSR count). The molecule has 2 aliphatic rings. The zero-order valence-corrected chi connectivity index (χ0v) is 15.7. The van der Waals surface area contributed by atoms with Gasteiger partial charge < -0.3 is 14.5 Å². The molecule has 0 bridgehead atoms. The van der Waals surface area contributed by atoms with Crippen LogP contribution in [0, 0.1) is 6.92 Å². The average molecular weight is 386 g/mol. The minimum atomic E-state index is -0.585. The summed E-state index contributed by atoms with van der Waals surface area (Å²) in [5.41, 5.74) is 1.28. The van der Waals surface area contributed by atoms with Gasteiger partial charge in [0, 0.05) is 37.0 Å². The van der Waals surface area contributed by atoms with E-state index in [2.05, 4.69) is 19.9 Å². The predicted octanol–water partition coefficient (Wildman–Crippen LogP) is -0.943. The molecule has 0 atom stereocenters. The first-order valence-electron chi connectivity index (χ1n) is 9.26. The summed E-state index contributed by atoms with van der Waals surface area (Å²) in [4.78, 5) is 51.1. The third-order valence-electron chi connectivity index (χ3n) is 5.14. The average Bonchev–Trinajstić information content (AvgIpc) is 2.71. The molecule has 28 heavy (non-hydrogen) atoms. The number of carbonyl (C=O) groups excluding carboxylic acids is 1. The quantitative estimate of drug-likeness (QED) is 0.724. The van der Waals surface area contributed by atoms with Crippen LogP contribution in [0.1, 0.15) is 16.8 Å². The zero-order chi connectivity index (χ0) is 19.7. The molecular formula is C18H22N6O4. The number of H-pyrrole nitrogens is 1. The molecule has 0 aromatic carbocycles. The number of morpholine rings is 1. The van der Waals surface area contributed by atoms with Gasteiger partial charge in [0.25, 0.3) is 5.56 Å². The van der Waals surface area contributed by atoms with E-state index in [1.54, 1.807) is 11.8 Å². The van der Waals surface area contributed by atoms with Crippen LogP contribution in [-0.4, -0.2) is 63.2 Å². The molecule has 1 fully saturated rings. The van der Waals surface area contributed by atoms with E-state index in [0.717, 1.165) is 30.2 Å². The van der Waals surface area contributed by atoms with Gasteiger partial charge in [-0.3, -0.25) is 19.1 Å². The van der Waals surface area contributed by atoms with Gasteiger partial charge in [-0.2, -0.15) is 0 Å². The van der Waals surface area contributed by atoms with Gasteiger partial charge in [0.05, 0.1) is 25.5 Å². The van der Waals surface area contributed by atoms with Crippen molar-refractivity contribution in [1.82, 2.24) is 24.4 Å². The highest BCUT2D eigenvalue weighted by Gasteiger charge is 2.27. The van der Waals surface area contributed by atoms with Crippen molar-refractivity contribution in [1.29, 1.82) is 0 Å². The number of aromatic amines is 1.